The molecule has 11 unspecified atom stereocenters. The molecular weight excluding hydrogens is 536 g/mol. The summed E-state index contributed by atoms with van der Waals surface area (Å²) in [4.78, 5) is 13.1. The summed E-state index contributed by atoms with van der Waals surface area (Å²) in [6.45, 7) is 4.86. The molecule has 1 aliphatic rings. The lowest BCUT2D eigenvalue weighted by Gasteiger charge is -2.34. The van der Waals surface area contributed by atoms with E-state index in [1.165, 1.54) is 32.1 Å². The predicted molar refractivity (Wildman–Crippen MR) is 152 cm³/mol. The van der Waals surface area contributed by atoms with Gasteiger partial charge in [-0.2, -0.15) is 0 Å². The summed E-state index contributed by atoms with van der Waals surface area (Å²) in [5.74, 6) is -2.88. The molecule has 11 atom stereocenters. The van der Waals surface area contributed by atoms with Crippen LogP contribution < -0.4 is 0 Å². The monoisotopic (exact) mass is 584 g/mol. The van der Waals surface area contributed by atoms with Gasteiger partial charge in [0.05, 0.1) is 24.4 Å². The van der Waals surface area contributed by atoms with Crippen LogP contribution in [0.5, 0.6) is 0 Å². The van der Waals surface area contributed by atoms with Crippen LogP contribution in [0, 0.1) is 5.92 Å². The highest BCUT2D eigenvalue weighted by molar-refractivity contribution is 5.74. The smallest absolute Gasteiger partial charge is 0.314 e. The predicted octanol–water partition coefficient (Wildman–Crippen LogP) is -0.0625. The Labute approximate surface area is 241 Å². The van der Waals surface area contributed by atoms with Crippen molar-refractivity contribution >= 4 is 5.97 Å². The highest BCUT2D eigenvalue weighted by Crippen LogP contribution is 2.24. The minimum Gasteiger partial charge on any atom is -0.459 e. The quantitative estimate of drug-likeness (QED) is 0.154. The maximum absolute atomic E-state index is 13.1. The van der Waals surface area contributed by atoms with Crippen molar-refractivity contribution < 1.29 is 55.5 Å². The van der Waals surface area contributed by atoms with Crippen LogP contribution in [-0.2, 0) is 9.53 Å². The third kappa shape index (κ3) is 12.3. The van der Waals surface area contributed by atoms with E-state index in [-0.39, 0.29) is 6.42 Å². The zero-order chi connectivity index (χ0) is 31.1. The lowest BCUT2D eigenvalue weighted by Crippen LogP contribution is -2.53. The second-order valence-corrected chi connectivity index (χ2v) is 10.4. The van der Waals surface area contributed by atoms with E-state index in [0.29, 0.717) is 12.0 Å². The number of ether oxygens (including phenoxy) is 1. The van der Waals surface area contributed by atoms with Gasteiger partial charge in [-0.05, 0) is 25.8 Å². The van der Waals surface area contributed by atoms with E-state index in [0.717, 1.165) is 12.8 Å². The molecule has 11 nitrogen and oxygen atoms in total. The molecule has 41 heavy (non-hydrogen) atoms. The Bertz CT molecular complexity index is 912. The fraction of sp³-hybridized carbons (Fsp3) is 0.633. The van der Waals surface area contributed by atoms with Crippen molar-refractivity contribution in [3.8, 4) is 0 Å². The minimum atomic E-state index is -2.18. The number of rotatable bonds is 5. The number of aliphatic hydroxyl groups excluding tert-OH is 9. The number of esters is 1. The van der Waals surface area contributed by atoms with Crippen molar-refractivity contribution in [1.29, 1.82) is 0 Å². The van der Waals surface area contributed by atoms with Gasteiger partial charge >= 0.3 is 5.97 Å². The number of hydrogen-bond acceptors (Lipinski definition) is 11. The molecule has 0 amide bonds. The Morgan fingerprint density at radius 1 is 0.805 bits per heavy atom. The van der Waals surface area contributed by atoms with Crippen LogP contribution >= 0.6 is 0 Å². The van der Waals surface area contributed by atoms with Crippen molar-refractivity contribution in [2.45, 2.75) is 114 Å². The van der Waals surface area contributed by atoms with Crippen molar-refractivity contribution in [3.63, 3.8) is 0 Å². The number of hydrogen-bond donors (Lipinski definition) is 9. The van der Waals surface area contributed by atoms with Gasteiger partial charge in [-0.1, -0.05) is 80.9 Å². The van der Waals surface area contributed by atoms with Crippen LogP contribution in [0.25, 0.3) is 0 Å². The van der Waals surface area contributed by atoms with Gasteiger partial charge in [-0.3, -0.25) is 4.79 Å². The fourth-order valence-corrected chi connectivity index (χ4v) is 4.25. The summed E-state index contributed by atoms with van der Waals surface area (Å²) < 4.78 is 5.29. The second-order valence-electron chi connectivity index (χ2n) is 10.4. The number of carbonyl (C=O) groups excluding carboxylic acids is 1. The first-order valence-electron chi connectivity index (χ1n) is 14.0. The third-order valence-corrected chi connectivity index (χ3v) is 7.04. The summed E-state index contributed by atoms with van der Waals surface area (Å²) in [7, 11) is 0. The van der Waals surface area contributed by atoms with E-state index in [2.05, 4.69) is 0 Å². The number of allylic oxidation sites excluding steroid dienone is 8. The molecule has 0 aromatic rings. The maximum Gasteiger partial charge on any atom is 0.314 e. The van der Waals surface area contributed by atoms with Crippen molar-refractivity contribution in [3.05, 3.63) is 60.3 Å². The molecule has 9 N–H and O–H groups in total. The third-order valence-electron chi connectivity index (χ3n) is 7.04. The number of carbonyl (C=O) groups is 1. The van der Waals surface area contributed by atoms with Gasteiger partial charge in [0.25, 0.3) is 0 Å². The van der Waals surface area contributed by atoms with E-state index in [4.69, 9.17) is 4.74 Å². The Kier molecular flexibility index (Phi) is 17.1. The van der Waals surface area contributed by atoms with Gasteiger partial charge in [0, 0.05) is 6.42 Å². The fourth-order valence-electron chi connectivity index (χ4n) is 4.25. The first-order valence-corrected chi connectivity index (χ1v) is 14.0. The number of aliphatic hydroxyl groups is 9. The van der Waals surface area contributed by atoms with Crippen LogP contribution in [0.1, 0.15) is 52.9 Å². The number of cyclic esters (lactones) is 1. The molecule has 0 aliphatic carbocycles. The average Bonchev–Trinajstić information content (AvgIpc) is 2.93. The average molecular weight is 585 g/mol. The standard InChI is InChI=1S/C30H48O11/c1-4-5-11-16-21(32)24-28(38)29(39)27(37)23(34)17-22(33)26(36)25(35)18(2)14-12-9-7-6-8-10-13-15-20(31)19(3)41-30(24)40/h6-10,12-15,19-29,31-39H,4-5,11,16-17H2,1-3H3. The van der Waals surface area contributed by atoms with Gasteiger partial charge in [-0.25, -0.2) is 0 Å². The molecular formula is C30H48O11. The van der Waals surface area contributed by atoms with Gasteiger partial charge in [0.15, 0.2) is 0 Å². The molecule has 1 rings (SSSR count). The molecule has 0 saturated carbocycles. The summed E-state index contributed by atoms with van der Waals surface area (Å²) in [6, 6.07) is 0. The molecule has 0 aromatic heterocycles. The minimum absolute atomic E-state index is 0.0652. The Morgan fingerprint density at radius 2 is 1.37 bits per heavy atom. The van der Waals surface area contributed by atoms with Gasteiger partial charge in [-0.15, -0.1) is 0 Å². The summed E-state index contributed by atoms with van der Waals surface area (Å²) in [5, 5.41) is 94.8. The lowest BCUT2D eigenvalue weighted by molar-refractivity contribution is -0.180. The summed E-state index contributed by atoms with van der Waals surface area (Å²) >= 11 is 0. The highest BCUT2D eigenvalue weighted by atomic mass is 16.6. The summed E-state index contributed by atoms with van der Waals surface area (Å²) in [6.07, 6.45) is -1.45. The SMILES string of the molecule is CCCCCC(O)C1C(=O)OC(C)C(O)C=CC=CC=CC=CC=C(C)C(O)C(O)C(O)CC(O)C(O)C(O)C1O. The molecule has 1 aliphatic heterocycles. The first-order chi connectivity index (χ1) is 19.3. The van der Waals surface area contributed by atoms with E-state index >= 15 is 0 Å². The molecule has 11 heteroatoms. The molecule has 0 radical (unpaired) electrons. The van der Waals surface area contributed by atoms with E-state index < -0.39 is 79.3 Å². The zero-order valence-electron chi connectivity index (χ0n) is 23.9. The topological polar surface area (TPSA) is 208 Å². The first kappa shape index (κ1) is 36.8. The molecule has 0 fully saturated rings. The molecule has 0 bridgehead atoms. The molecule has 0 spiro atoms. The maximum atomic E-state index is 13.1. The van der Waals surface area contributed by atoms with Crippen LogP contribution in [0.4, 0.5) is 0 Å². The lowest BCUT2D eigenvalue weighted by atomic mass is 9.85. The van der Waals surface area contributed by atoms with Gasteiger partial charge in [0.2, 0.25) is 0 Å². The highest BCUT2D eigenvalue weighted by Gasteiger charge is 2.43. The van der Waals surface area contributed by atoms with Crippen LogP contribution in [0.15, 0.2) is 60.3 Å². The van der Waals surface area contributed by atoms with Crippen LogP contribution in [0.3, 0.4) is 0 Å². The van der Waals surface area contributed by atoms with E-state index in [1.54, 1.807) is 36.5 Å². The van der Waals surface area contributed by atoms with Gasteiger partial charge < -0.3 is 50.7 Å². The van der Waals surface area contributed by atoms with Gasteiger partial charge in [0.1, 0.15) is 42.5 Å². The largest absolute Gasteiger partial charge is 0.459 e. The summed E-state index contributed by atoms with van der Waals surface area (Å²) in [5.41, 5.74) is 0.296. The zero-order valence-corrected chi connectivity index (χ0v) is 23.9. The molecule has 1 heterocycles. The van der Waals surface area contributed by atoms with Crippen molar-refractivity contribution in [2.75, 3.05) is 0 Å². The Balaban J connectivity index is 3.34. The molecule has 234 valence electrons. The second kappa shape index (κ2) is 19.1. The Morgan fingerprint density at radius 3 is 1.98 bits per heavy atom. The van der Waals surface area contributed by atoms with E-state index in [9.17, 15) is 50.8 Å². The van der Waals surface area contributed by atoms with Crippen LogP contribution in [0.2, 0.25) is 0 Å². The molecule has 0 saturated heterocycles. The van der Waals surface area contributed by atoms with Crippen molar-refractivity contribution in [2.24, 2.45) is 5.92 Å². The van der Waals surface area contributed by atoms with E-state index in [1.807, 2.05) is 6.92 Å². The number of unbranched alkanes of at least 4 members (excludes halogenated alkanes) is 2. The molecule has 0 aromatic carbocycles. The van der Waals surface area contributed by atoms with Crippen molar-refractivity contribution in [1.82, 2.24) is 0 Å². The Hall–Kier alpha value is -2.19. The van der Waals surface area contributed by atoms with Crippen LogP contribution in [-0.4, -0.2) is 113 Å². The normalized spacial score (nSPS) is 36.0.